The van der Waals surface area contributed by atoms with Crippen LogP contribution in [0, 0.1) is 5.82 Å². The maximum atomic E-state index is 13.5. The summed E-state index contributed by atoms with van der Waals surface area (Å²) in [5.41, 5.74) is 3.81. The summed E-state index contributed by atoms with van der Waals surface area (Å²) in [6.45, 7) is 0.891. The lowest BCUT2D eigenvalue weighted by molar-refractivity contribution is -0.117. The SMILES string of the molecule is COc1cc2c(cc1OC)C(c1ccccc1)N(CC(=O)Nc1cccc(F)c1)CC2. The fraction of sp³-hybridized carbons (Fsp3) is 0.240. The number of methoxy groups -OCH3 is 2. The number of fused-ring (bicyclic) bond motifs is 1. The van der Waals surface area contributed by atoms with Crippen molar-refractivity contribution in [3.05, 3.63) is 89.2 Å². The monoisotopic (exact) mass is 420 g/mol. The van der Waals surface area contributed by atoms with Gasteiger partial charge in [0.25, 0.3) is 0 Å². The van der Waals surface area contributed by atoms with Crippen LogP contribution in [0.25, 0.3) is 0 Å². The highest BCUT2D eigenvalue weighted by molar-refractivity contribution is 5.92. The molecule has 160 valence electrons. The number of benzene rings is 3. The van der Waals surface area contributed by atoms with Gasteiger partial charge in [-0.1, -0.05) is 36.4 Å². The van der Waals surface area contributed by atoms with Crippen LogP contribution in [0.2, 0.25) is 0 Å². The summed E-state index contributed by atoms with van der Waals surface area (Å²) < 4.78 is 24.5. The molecule has 0 bridgehead atoms. The second kappa shape index (κ2) is 9.18. The molecule has 1 atom stereocenters. The summed E-state index contributed by atoms with van der Waals surface area (Å²) >= 11 is 0. The van der Waals surface area contributed by atoms with Gasteiger partial charge in [0.2, 0.25) is 5.91 Å². The zero-order valence-corrected chi connectivity index (χ0v) is 17.6. The third-order valence-electron chi connectivity index (χ3n) is 5.54. The number of carbonyl (C=O) groups is 1. The van der Waals surface area contributed by atoms with Crippen molar-refractivity contribution in [3.8, 4) is 11.5 Å². The number of nitrogens with one attached hydrogen (secondary N) is 1. The minimum absolute atomic E-state index is 0.108. The number of hydrogen-bond acceptors (Lipinski definition) is 4. The van der Waals surface area contributed by atoms with E-state index in [1.807, 2.05) is 30.3 Å². The number of ether oxygens (including phenoxy) is 2. The van der Waals surface area contributed by atoms with Crippen LogP contribution in [0.4, 0.5) is 10.1 Å². The molecule has 0 radical (unpaired) electrons. The molecule has 4 rings (SSSR count). The molecule has 31 heavy (non-hydrogen) atoms. The van der Waals surface area contributed by atoms with E-state index >= 15 is 0 Å². The third-order valence-corrected chi connectivity index (χ3v) is 5.54. The highest BCUT2D eigenvalue weighted by Gasteiger charge is 2.31. The zero-order chi connectivity index (χ0) is 21.8. The zero-order valence-electron chi connectivity index (χ0n) is 17.6. The Morgan fingerprint density at radius 2 is 1.77 bits per heavy atom. The predicted molar refractivity (Wildman–Crippen MR) is 118 cm³/mol. The summed E-state index contributed by atoms with van der Waals surface area (Å²) in [6.07, 6.45) is 0.784. The molecule has 0 spiro atoms. The van der Waals surface area contributed by atoms with Crippen LogP contribution in [0.5, 0.6) is 11.5 Å². The van der Waals surface area contributed by atoms with Gasteiger partial charge in [0, 0.05) is 12.2 Å². The van der Waals surface area contributed by atoms with Crippen molar-refractivity contribution in [1.29, 1.82) is 0 Å². The van der Waals surface area contributed by atoms with Crippen molar-refractivity contribution >= 4 is 11.6 Å². The predicted octanol–water partition coefficient (Wildman–Crippen LogP) is 4.43. The average Bonchev–Trinajstić information content (AvgIpc) is 2.78. The van der Waals surface area contributed by atoms with Crippen molar-refractivity contribution in [3.63, 3.8) is 0 Å². The van der Waals surface area contributed by atoms with Crippen molar-refractivity contribution < 1.29 is 18.7 Å². The summed E-state index contributed by atoms with van der Waals surface area (Å²) in [4.78, 5) is 14.9. The number of rotatable bonds is 6. The van der Waals surface area contributed by atoms with Crippen LogP contribution in [0.15, 0.2) is 66.7 Å². The first kappa shape index (κ1) is 20.9. The Bertz CT molecular complexity index is 1070. The fourth-order valence-electron chi connectivity index (χ4n) is 4.14. The lowest BCUT2D eigenvalue weighted by atomic mass is 9.87. The molecule has 1 amide bonds. The number of anilines is 1. The molecule has 1 aliphatic rings. The van der Waals surface area contributed by atoms with Crippen LogP contribution in [0.3, 0.4) is 0 Å². The minimum Gasteiger partial charge on any atom is -0.493 e. The van der Waals surface area contributed by atoms with Crippen molar-refractivity contribution in [2.45, 2.75) is 12.5 Å². The molecule has 6 heteroatoms. The van der Waals surface area contributed by atoms with Gasteiger partial charge in [0.1, 0.15) is 5.82 Å². The van der Waals surface area contributed by atoms with Gasteiger partial charge in [-0.15, -0.1) is 0 Å². The van der Waals surface area contributed by atoms with E-state index in [1.54, 1.807) is 26.4 Å². The standard InChI is InChI=1S/C25H25FN2O3/c1-30-22-13-18-11-12-28(16-24(29)27-20-10-6-9-19(26)14-20)25(17-7-4-3-5-8-17)21(18)15-23(22)31-2/h3-10,13-15,25H,11-12,16H2,1-2H3,(H,27,29). The molecule has 3 aromatic rings. The van der Waals surface area contributed by atoms with E-state index in [0.29, 0.717) is 23.7 Å². The maximum absolute atomic E-state index is 13.5. The lowest BCUT2D eigenvalue weighted by Crippen LogP contribution is -2.41. The summed E-state index contributed by atoms with van der Waals surface area (Å²) in [5, 5.41) is 2.80. The van der Waals surface area contributed by atoms with Gasteiger partial charge in [0.15, 0.2) is 11.5 Å². The highest BCUT2D eigenvalue weighted by Crippen LogP contribution is 2.40. The Balaban J connectivity index is 1.65. The molecule has 1 unspecified atom stereocenters. The molecule has 1 aliphatic heterocycles. The van der Waals surface area contributed by atoms with Crippen LogP contribution < -0.4 is 14.8 Å². The molecule has 1 N–H and O–H groups in total. The fourth-order valence-corrected chi connectivity index (χ4v) is 4.14. The Morgan fingerprint density at radius 1 is 1.03 bits per heavy atom. The first-order valence-electron chi connectivity index (χ1n) is 10.2. The normalized spacial score (nSPS) is 15.8. The second-order valence-corrected chi connectivity index (χ2v) is 7.50. The van der Waals surface area contributed by atoms with E-state index in [4.69, 9.17) is 9.47 Å². The molecule has 0 saturated heterocycles. The topological polar surface area (TPSA) is 50.8 Å². The van der Waals surface area contributed by atoms with E-state index in [0.717, 1.165) is 17.5 Å². The van der Waals surface area contributed by atoms with Crippen molar-refractivity contribution in [2.75, 3.05) is 32.6 Å². The molecule has 3 aromatic carbocycles. The maximum Gasteiger partial charge on any atom is 0.238 e. The molecule has 5 nitrogen and oxygen atoms in total. The van der Waals surface area contributed by atoms with E-state index in [-0.39, 0.29) is 24.3 Å². The molecule has 1 heterocycles. The quantitative estimate of drug-likeness (QED) is 0.641. The summed E-state index contributed by atoms with van der Waals surface area (Å²) in [5.74, 6) is 0.793. The molecular formula is C25H25FN2O3. The largest absolute Gasteiger partial charge is 0.493 e. The van der Waals surface area contributed by atoms with Crippen LogP contribution in [-0.4, -0.2) is 38.1 Å². The Kier molecular flexibility index (Phi) is 6.18. The summed E-state index contributed by atoms with van der Waals surface area (Å²) in [7, 11) is 3.25. The minimum atomic E-state index is -0.382. The molecular weight excluding hydrogens is 395 g/mol. The van der Waals surface area contributed by atoms with Gasteiger partial charge in [0.05, 0.1) is 26.8 Å². The number of amides is 1. The van der Waals surface area contributed by atoms with Crippen LogP contribution in [-0.2, 0) is 11.2 Å². The Morgan fingerprint density at radius 3 is 2.48 bits per heavy atom. The smallest absolute Gasteiger partial charge is 0.238 e. The first-order chi connectivity index (χ1) is 15.1. The van der Waals surface area contributed by atoms with E-state index in [2.05, 4.69) is 22.3 Å². The van der Waals surface area contributed by atoms with Crippen molar-refractivity contribution in [1.82, 2.24) is 4.90 Å². The van der Waals surface area contributed by atoms with E-state index < -0.39 is 0 Å². The average molecular weight is 420 g/mol. The van der Waals surface area contributed by atoms with Gasteiger partial charge in [-0.2, -0.15) is 0 Å². The third kappa shape index (κ3) is 4.54. The van der Waals surface area contributed by atoms with Gasteiger partial charge >= 0.3 is 0 Å². The van der Waals surface area contributed by atoms with Crippen LogP contribution in [0.1, 0.15) is 22.7 Å². The van der Waals surface area contributed by atoms with Crippen molar-refractivity contribution in [2.24, 2.45) is 0 Å². The van der Waals surface area contributed by atoms with E-state index in [1.165, 1.54) is 17.7 Å². The molecule has 0 aliphatic carbocycles. The number of hydrogen-bond donors (Lipinski definition) is 1. The number of nitrogens with zero attached hydrogens (tertiary/aromatic N) is 1. The molecule has 0 aromatic heterocycles. The lowest BCUT2D eigenvalue weighted by Gasteiger charge is -2.37. The first-order valence-corrected chi connectivity index (χ1v) is 10.2. The number of carbonyl (C=O) groups excluding carboxylic acids is 1. The Hall–Kier alpha value is -3.38. The van der Waals surface area contributed by atoms with Gasteiger partial charge in [-0.3, -0.25) is 9.69 Å². The molecule has 0 saturated carbocycles. The van der Waals surface area contributed by atoms with Crippen LogP contribution >= 0.6 is 0 Å². The van der Waals surface area contributed by atoms with E-state index in [9.17, 15) is 9.18 Å². The van der Waals surface area contributed by atoms with Gasteiger partial charge < -0.3 is 14.8 Å². The van der Waals surface area contributed by atoms with Gasteiger partial charge in [-0.05, 0) is 53.4 Å². The second-order valence-electron chi connectivity index (χ2n) is 7.50. The highest BCUT2D eigenvalue weighted by atomic mass is 19.1. The van der Waals surface area contributed by atoms with Gasteiger partial charge in [-0.25, -0.2) is 4.39 Å². The Labute approximate surface area is 181 Å². The number of halogens is 1. The molecule has 0 fully saturated rings. The summed E-state index contributed by atoms with van der Waals surface area (Å²) in [6, 6.07) is 19.9.